The lowest BCUT2D eigenvalue weighted by Gasteiger charge is -2.13. The van der Waals surface area contributed by atoms with Gasteiger partial charge in [0.1, 0.15) is 0 Å². The SMILES string of the molecule is Cc1ccc(NS(=O)(=O)c2ccc(C#N)cc2)cc1C(F)(F)F. The van der Waals surface area contributed by atoms with Gasteiger partial charge in [-0.1, -0.05) is 6.07 Å². The summed E-state index contributed by atoms with van der Waals surface area (Å²) in [4.78, 5) is -0.148. The molecule has 0 aromatic heterocycles. The number of anilines is 1. The highest BCUT2D eigenvalue weighted by Gasteiger charge is 2.32. The van der Waals surface area contributed by atoms with E-state index in [4.69, 9.17) is 5.26 Å². The van der Waals surface area contributed by atoms with E-state index in [1.807, 2.05) is 6.07 Å². The summed E-state index contributed by atoms with van der Waals surface area (Å²) in [5.74, 6) is 0. The highest BCUT2D eigenvalue weighted by Crippen LogP contribution is 2.33. The van der Waals surface area contributed by atoms with Crippen LogP contribution in [0.5, 0.6) is 0 Å². The van der Waals surface area contributed by atoms with Gasteiger partial charge >= 0.3 is 6.18 Å². The number of benzene rings is 2. The van der Waals surface area contributed by atoms with Crippen molar-refractivity contribution >= 4 is 15.7 Å². The van der Waals surface area contributed by atoms with Gasteiger partial charge in [-0.3, -0.25) is 4.72 Å². The van der Waals surface area contributed by atoms with Gasteiger partial charge in [0.25, 0.3) is 10.0 Å². The quantitative estimate of drug-likeness (QED) is 0.926. The monoisotopic (exact) mass is 340 g/mol. The fourth-order valence-electron chi connectivity index (χ4n) is 1.91. The molecule has 1 N–H and O–H groups in total. The van der Waals surface area contributed by atoms with E-state index in [-0.39, 0.29) is 21.7 Å². The van der Waals surface area contributed by atoms with Crippen LogP contribution in [0.25, 0.3) is 0 Å². The Labute approximate surface area is 131 Å². The highest BCUT2D eigenvalue weighted by atomic mass is 32.2. The lowest BCUT2D eigenvalue weighted by Crippen LogP contribution is -2.14. The van der Waals surface area contributed by atoms with E-state index in [0.29, 0.717) is 0 Å². The van der Waals surface area contributed by atoms with Gasteiger partial charge < -0.3 is 0 Å². The van der Waals surface area contributed by atoms with Crippen molar-refractivity contribution < 1.29 is 21.6 Å². The maximum atomic E-state index is 12.9. The summed E-state index contributed by atoms with van der Waals surface area (Å²) in [7, 11) is -4.04. The van der Waals surface area contributed by atoms with Crippen LogP contribution in [0.2, 0.25) is 0 Å². The van der Waals surface area contributed by atoms with Gasteiger partial charge in [-0.15, -0.1) is 0 Å². The van der Waals surface area contributed by atoms with Crippen molar-refractivity contribution in [3.8, 4) is 6.07 Å². The zero-order chi connectivity index (χ0) is 17.3. The summed E-state index contributed by atoms with van der Waals surface area (Å²) in [6.45, 7) is 1.29. The third kappa shape index (κ3) is 3.81. The normalized spacial score (nSPS) is 11.8. The van der Waals surface area contributed by atoms with Crippen LogP contribution >= 0.6 is 0 Å². The van der Waals surface area contributed by atoms with Crippen molar-refractivity contribution in [3.63, 3.8) is 0 Å². The minimum Gasteiger partial charge on any atom is -0.280 e. The van der Waals surface area contributed by atoms with Crippen LogP contribution in [-0.2, 0) is 16.2 Å². The smallest absolute Gasteiger partial charge is 0.280 e. The maximum Gasteiger partial charge on any atom is 0.416 e. The third-order valence-corrected chi connectivity index (χ3v) is 4.49. The number of halogens is 3. The molecule has 2 rings (SSSR count). The maximum absolute atomic E-state index is 12.9. The third-order valence-electron chi connectivity index (χ3n) is 3.09. The number of nitrogens with one attached hydrogen (secondary N) is 1. The predicted octanol–water partition coefficient (Wildman–Crippen LogP) is 3.69. The molecule has 120 valence electrons. The topological polar surface area (TPSA) is 70.0 Å². The Balaban J connectivity index is 2.36. The Kier molecular flexibility index (Phi) is 4.34. The molecular weight excluding hydrogens is 329 g/mol. The second-order valence-electron chi connectivity index (χ2n) is 4.77. The highest BCUT2D eigenvalue weighted by molar-refractivity contribution is 7.92. The molecule has 2 aromatic carbocycles. The number of nitriles is 1. The first-order valence-corrected chi connectivity index (χ1v) is 7.82. The molecule has 0 radical (unpaired) electrons. The number of hydrogen-bond acceptors (Lipinski definition) is 3. The summed E-state index contributed by atoms with van der Waals surface area (Å²) >= 11 is 0. The molecule has 0 unspecified atom stereocenters. The van der Waals surface area contributed by atoms with Crippen LogP contribution in [-0.4, -0.2) is 8.42 Å². The van der Waals surface area contributed by atoms with Crippen molar-refractivity contribution in [2.24, 2.45) is 0 Å². The molecule has 0 saturated carbocycles. The van der Waals surface area contributed by atoms with Gasteiger partial charge in [-0.2, -0.15) is 18.4 Å². The molecular formula is C15H11F3N2O2S. The van der Waals surface area contributed by atoms with Crippen LogP contribution in [0.3, 0.4) is 0 Å². The number of alkyl halides is 3. The molecule has 0 spiro atoms. The molecule has 8 heteroatoms. The molecule has 0 amide bonds. The van der Waals surface area contributed by atoms with Crippen LogP contribution in [0.15, 0.2) is 47.4 Å². The van der Waals surface area contributed by atoms with Crippen molar-refractivity contribution in [2.45, 2.75) is 18.0 Å². The average molecular weight is 340 g/mol. The second kappa shape index (κ2) is 5.93. The Morgan fingerprint density at radius 1 is 1.09 bits per heavy atom. The standard InChI is InChI=1S/C15H11F3N2O2S/c1-10-2-5-12(8-14(10)15(16,17)18)20-23(21,22)13-6-3-11(9-19)4-7-13/h2-8,20H,1H3. The fraction of sp³-hybridized carbons (Fsp3) is 0.133. The molecule has 0 atom stereocenters. The van der Waals surface area contributed by atoms with Gasteiger partial charge in [0.15, 0.2) is 0 Å². The Hall–Kier alpha value is -2.53. The first kappa shape index (κ1) is 16.8. The first-order chi connectivity index (χ1) is 10.6. The molecule has 2 aromatic rings. The summed E-state index contributed by atoms with van der Waals surface area (Å²) in [6.07, 6.45) is -4.57. The van der Waals surface area contributed by atoms with E-state index >= 15 is 0 Å². The van der Waals surface area contributed by atoms with Gasteiger partial charge in [0.2, 0.25) is 0 Å². The molecule has 0 fully saturated rings. The minimum absolute atomic E-state index is 0.00109. The predicted molar refractivity (Wildman–Crippen MR) is 78.1 cm³/mol. The molecule has 0 saturated heterocycles. The number of aryl methyl sites for hydroxylation is 1. The molecule has 0 aliphatic rings. The first-order valence-electron chi connectivity index (χ1n) is 6.34. The second-order valence-corrected chi connectivity index (χ2v) is 6.45. The number of sulfonamides is 1. The molecule has 0 heterocycles. The van der Waals surface area contributed by atoms with Crippen molar-refractivity contribution in [1.82, 2.24) is 0 Å². The fourth-order valence-corrected chi connectivity index (χ4v) is 2.96. The van der Waals surface area contributed by atoms with E-state index in [9.17, 15) is 21.6 Å². The van der Waals surface area contributed by atoms with Crippen molar-refractivity contribution in [2.75, 3.05) is 4.72 Å². The lowest BCUT2D eigenvalue weighted by atomic mass is 10.1. The summed E-state index contributed by atoms with van der Waals surface area (Å²) in [6, 6.07) is 10.1. The largest absolute Gasteiger partial charge is 0.416 e. The van der Waals surface area contributed by atoms with E-state index in [2.05, 4.69) is 4.72 Å². The minimum atomic E-state index is -4.57. The lowest BCUT2D eigenvalue weighted by molar-refractivity contribution is -0.138. The van der Waals surface area contributed by atoms with Crippen molar-refractivity contribution in [1.29, 1.82) is 5.26 Å². The molecule has 23 heavy (non-hydrogen) atoms. The Morgan fingerprint density at radius 2 is 1.70 bits per heavy atom. The molecule has 0 aliphatic heterocycles. The van der Waals surface area contributed by atoms with E-state index in [1.165, 1.54) is 43.3 Å². The summed E-state index contributed by atoms with van der Waals surface area (Å²) in [5, 5.41) is 8.68. The van der Waals surface area contributed by atoms with Crippen LogP contribution in [0.4, 0.5) is 18.9 Å². The van der Waals surface area contributed by atoms with Crippen LogP contribution < -0.4 is 4.72 Å². The van der Waals surface area contributed by atoms with Crippen molar-refractivity contribution in [3.05, 3.63) is 59.2 Å². The van der Waals surface area contributed by atoms with Gasteiger partial charge in [-0.25, -0.2) is 8.42 Å². The Bertz CT molecular complexity index is 867. The van der Waals surface area contributed by atoms with E-state index in [0.717, 1.165) is 6.07 Å². The summed E-state index contributed by atoms with van der Waals surface area (Å²) < 4.78 is 65.0. The van der Waals surface area contributed by atoms with Gasteiger partial charge in [-0.05, 0) is 48.9 Å². The number of nitrogens with zero attached hydrogens (tertiary/aromatic N) is 1. The molecule has 0 aliphatic carbocycles. The zero-order valence-corrected chi connectivity index (χ0v) is 12.7. The molecule has 4 nitrogen and oxygen atoms in total. The van der Waals surface area contributed by atoms with Crippen LogP contribution in [0.1, 0.15) is 16.7 Å². The number of rotatable bonds is 3. The average Bonchev–Trinajstić information content (AvgIpc) is 2.48. The number of hydrogen-bond donors (Lipinski definition) is 1. The molecule has 0 bridgehead atoms. The van der Waals surface area contributed by atoms with Gasteiger partial charge in [0.05, 0.1) is 22.1 Å². The summed E-state index contributed by atoms with van der Waals surface area (Å²) in [5.41, 5.74) is -0.817. The Morgan fingerprint density at radius 3 is 2.22 bits per heavy atom. The van der Waals surface area contributed by atoms with Gasteiger partial charge in [0, 0.05) is 5.69 Å². The van der Waals surface area contributed by atoms with E-state index in [1.54, 1.807) is 0 Å². The van der Waals surface area contributed by atoms with Crippen LogP contribution in [0, 0.1) is 18.3 Å². The zero-order valence-electron chi connectivity index (χ0n) is 11.8. The van der Waals surface area contributed by atoms with E-state index < -0.39 is 21.8 Å².